The molecular formula is C16H14N4O3S. The van der Waals surface area contributed by atoms with Crippen LogP contribution in [0.4, 0.5) is 11.4 Å². The van der Waals surface area contributed by atoms with E-state index in [4.69, 9.17) is 0 Å². The molecule has 3 rings (SSSR count). The molecule has 8 heteroatoms. The summed E-state index contributed by atoms with van der Waals surface area (Å²) in [7, 11) is 0. The van der Waals surface area contributed by atoms with Gasteiger partial charge in [-0.05, 0) is 25.1 Å². The normalized spacial score (nSPS) is 10.6. The van der Waals surface area contributed by atoms with Gasteiger partial charge in [0.05, 0.1) is 0 Å². The Morgan fingerprint density at radius 1 is 1.21 bits per heavy atom. The molecule has 2 heterocycles. The Balaban J connectivity index is 1.90. The number of aromatic nitrogens is 2. The molecule has 2 amide bonds. The fourth-order valence-electron chi connectivity index (χ4n) is 2.26. The van der Waals surface area contributed by atoms with Gasteiger partial charge in [-0.15, -0.1) is 11.3 Å². The lowest BCUT2D eigenvalue weighted by atomic mass is 10.2. The maximum absolute atomic E-state index is 12.5. The SMILES string of the molecule is CC(=O)Nc1cccc(NC(=O)c2cnc3scc(C)n3c2=O)c1. The van der Waals surface area contributed by atoms with E-state index in [1.54, 1.807) is 31.2 Å². The van der Waals surface area contributed by atoms with Crippen LogP contribution in [0.5, 0.6) is 0 Å². The minimum atomic E-state index is -0.549. The maximum Gasteiger partial charge on any atom is 0.271 e. The first-order chi connectivity index (χ1) is 11.5. The average molecular weight is 342 g/mol. The fraction of sp³-hybridized carbons (Fsp3) is 0.125. The van der Waals surface area contributed by atoms with Crippen LogP contribution in [0.3, 0.4) is 0 Å². The molecule has 0 aliphatic rings. The van der Waals surface area contributed by atoms with Gasteiger partial charge in [0.25, 0.3) is 11.5 Å². The summed E-state index contributed by atoms with van der Waals surface area (Å²) in [5.74, 6) is -0.758. The summed E-state index contributed by atoms with van der Waals surface area (Å²) >= 11 is 1.34. The van der Waals surface area contributed by atoms with Crippen LogP contribution in [0, 0.1) is 6.92 Å². The van der Waals surface area contributed by atoms with Crippen molar-refractivity contribution in [3.8, 4) is 0 Å². The topological polar surface area (TPSA) is 92.6 Å². The Kier molecular flexibility index (Phi) is 4.13. The van der Waals surface area contributed by atoms with Crippen LogP contribution < -0.4 is 16.2 Å². The molecule has 24 heavy (non-hydrogen) atoms. The third kappa shape index (κ3) is 3.04. The van der Waals surface area contributed by atoms with Crippen LogP contribution in [0.25, 0.3) is 4.96 Å². The number of hydrogen-bond donors (Lipinski definition) is 2. The molecule has 0 atom stereocenters. The van der Waals surface area contributed by atoms with Crippen molar-refractivity contribution in [2.75, 3.05) is 10.6 Å². The summed E-state index contributed by atoms with van der Waals surface area (Å²) < 4.78 is 1.41. The van der Waals surface area contributed by atoms with Gasteiger partial charge >= 0.3 is 0 Å². The number of aryl methyl sites for hydroxylation is 1. The number of rotatable bonds is 3. The van der Waals surface area contributed by atoms with E-state index in [1.807, 2.05) is 5.38 Å². The van der Waals surface area contributed by atoms with Gasteiger partial charge in [-0.1, -0.05) is 6.07 Å². The van der Waals surface area contributed by atoms with Gasteiger partial charge in [0.1, 0.15) is 5.56 Å². The summed E-state index contributed by atoms with van der Waals surface area (Å²) in [4.78, 5) is 40.6. The highest BCUT2D eigenvalue weighted by Crippen LogP contribution is 2.16. The lowest BCUT2D eigenvalue weighted by Gasteiger charge is -2.08. The lowest BCUT2D eigenvalue weighted by Crippen LogP contribution is -2.26. The maximum atomic E-state index is 12.5. The Morgan fingerprint density at radius 2 is 1.92 bits per heavy atom. The zero-order chi connectivity index (χ0) is 17.3. The number of fused-ring (bicyclic) bond motifs is 1. The summed E-state index contributed by atoms with van der Waals surface area (Å²) in [6, 6.07) is 6.67. The van der Waals surface area contributed by atoms with Crippen LogP contribution in [0.2, 0.25) is 0 Å². The zero-order valence-electron chi connectivity index (χ0n) is 13.0. The van der Waals surface area contributed by atoms with Crippen molar-refractivity contribution in [2.24, 2.45) is 0 Å². The number of carbonyl (C=O) groups excluding carboxylic acids is 2. The van der Waals surface area contributed by atoms with Gasteiger partial charge in [0.15, 0.2) is 4.96 Å². The first-order valence-corrected chi connectivity index (χ1v) is 7.98. The second kappa shape index (κ2) is 6.25. The molecular weight excluding hydrogens is 328 g/mol. The standard InChI is InChI=1S/C16H14N4O3S/c1-9-8-24-16-17-7-13(15(23)20(9)16)14(22)19-12-5-3-4-11(6-12)18-10(2)21/h3-8H,1-2H3,(H,18,21)(H,19,22). The van der Waals surface area contributed by atoms with Crippen LogP contribution >= 0.6 is 11.3 Å². The van der Waals surface area contributed by atoms with E-state index in [0.717, 1.165) is 5.69 Å². The Labute approximate surface area is 141 Å². The number of carbonyl (C=O) groups is 2. The van der Waals surface area contributed by atoms with E-state index < -0.39 is 11.5 Å². The van der Waals surface area contributed by atoms with Gasteiger partial charge < -0.3 is 10.6 Å². The molecule has 2 aromatic heterocycles. The second-order valence-corrected chi connectivity index (χ2v) is 6.02. The van der Waals surface area contributed by atoms with Gasteiger partial charge in [-0.3, -0.25) is 18.8 Å². The highest BCUT2D eigenvalue weighted by atomic mass is 32.1. The molecule has 7 nitrogen and oxygen atoms in total. The van der Waals surface area contributed by atoms with Crippen molar-refractivity contribution in [1.29, 1.82) is 0 Å². The third-order valence-corrected chi connectivity index (χ3v) is 4.26. The van der Waals surface area contributed by atoms with Crippen molar-refractivity contribution in [3.63, 3.8) is 0 Å². The first-order valence-electron chi connectivity index (χ1n) is 7.10. The summed E-state index contributed by atoms with van der Waals surface area (Å²) in [5.41, 5.74) is 1.31. The molecule has 2 N–H and O–H groups in total. The second-order valence-electron chi connectivity index (χ2n) is 5.19. The van der Waals surface area contributed by atoms with Gasteiger partial charge in [-0.25, -0.2) is 4.98 Å². The summed E-state index contributed by atoms with van der Waals surface area (Å²) in [5, 5.41) is 7.09. The minimum Gasteiger partial charge on any atom is -0.326 e. The largest absolute Gasteiger partial charge is 0.326 e. The van der Waals surface area contributed by atoms with Gasteiger partial charge in [-0.2, -0.15) is 0 Å². The van der Waals surface area contributed by atoms with Crippen LogP contribution in [-0.2, 0) is 4.79 Å². The van der Waals surface area contributed by atoms with Crippen molar-refractivity contribution < 1.29 is 9.59 Å². The van der Waals surface area contributed by atoms with E-state index in [1.165, 1.54) is 28.9 Å². The average Bonchev–Trinajstić information content (AvgIpc) is 2.89. The van der Waals surface area contributed by atoms with Crippen LogP contribution in [0.1, 0.15) is 23.0 Å². The summed E-state index contributed by atoms with van der Waals surface area (Å²) in [6.07, 6.45) is 1.28. The number of anilines is 2. The Hall–Kier alpha value is -3.00. The molecule has 1 aromatic carbocycles. The van der Waals surface area contributed by atoms with E-state index in [0.29, 0.717) is 16.3 Å². The molecule has 0 unspecified atom stereocenters. The molecule has 122 valence electrons. The van der Waals surface area contributed by atoms with E-state index in [-0.39, 0.29) is 11.5 Å². The highest BCUT2D eigenvalue weighted by Gasteiger charge is 2.15. The van der Waals surface area contributed by atoms with Gasteiger partial charge in [0.2, 0.25) is 5.91 Å². The fourth-order valence-corrected chi connectivity index (χ4v) is 3.08. The molecule has 0 aliphatic carbocycles. The quantitative estimate of drug-likeness (QED) is 0.764. The number of hydrogen-bond acceptors (Lipinski definition) is 5. The zero-order valence-corrected chi connectivity index (χ0v) is 13.8. The number of nitrogens with one attached hydrogen (secondary N) is 2. The molecule has 0 fully saturated rings. The van der Waals surface area contributed by atoms with Crippen molar-refractivity contribution in [3.05, 3.63) is 57.5 Å². The predicted molar refractivity (Wildman–Crippen MR) is 92.8 cm³/mol. The number of thiazole rings is 1. The molecule has 0 radical (unpaired) electrons. The van der Waals surface area contributed by atoms with Crippen molar-refractivity contribution in [2.45, 2.75) is 13.8 Å². The lowest BCUT2D eigenvalue weighted by molar-refractivity contribution is -0.114. The van der Waals surface area contributed by atoms with Crippen LogP contribution in [0.15, 0.2) is 40.6 Å². The van der Waals surface area contributed by atoms with E-state index in [2.05, 4.69) is 15.6 Å². The highest BCUT2D eigenvalue weighted by molar-refractivity contribution is 7.15. The molecule has 0 saturated heterocycles. The van der Waals surface area contributed by atoms with E-state index >= 15 is 0 Å². The summed E-state index contributed by atoms with van der Waals surface area (Å²) in [6.45, 7) is 3.18. The third-order valence-electron chi connectivity index (χ3n) is 3.30. The Bertz CT molecular complexity index is 1010. The number of benzene rings is 1. The van der Waals surface area contributed by atoms with Gasteiger partial charge in [0, 0.05) is 35.6 Å². The smallest absolute Gasteiger partial charge is 0.271 e. The van der Waals surface area contributed by atoms with Crippen molar-refractivity contribution >= 4 is 39.5 Å². The Morgan fingerprint density at radius 3 is 2.62 bits per heavy atom. The number of amides is 2. The molecule has 3 aromatic rings. The van der Waals surface area contributed by atoms with Crippen LogP contribution in [-0.4, -0.2) is 21.2 Å². The minimum absolute atomic E-state index is 0.0427. The first kappa shape index (κ1) is 15.9. The molecule has 0 spiro atoms. The molecule has 0 aliphatic heterocycles. The predicted octanol–water partition coefficient (Wildman–Crippen LogP) is 2.28. The molecule has 0 bridgehead atoms. The monoisotopic (exact) mass is 342 g/mol. The van der Waals surface area contributed by atoms with Crippen molar-refractivity contribution in [1.82, 2.24) is 9.38 Å². The van der Waals surface area contributed by atoms with E-state index in [9.17, 15) is 14.4 Å². The molecule has 0 saturated carbocycles. The number of nitrogens with zero attached hydrogens (tertiary/aromatic N) is 2.